The average molecular weight is 278 g/mol. The molecule has 0 aliphatic heterocycles. The van der Waals surface area contributed by atoms with Crippen LogP contribution in [-0.2, 0) is 12.0 Å². The van der Waals surface area contributed by atoms with Crippen molar-refractivity contribution in [1.29, 1.82) is 0 Å². The lowest BCUT2D eigenvalue weighted by atomic mass is 9.88. The van der Waals surface area contributed by atoms with E-state index in [1.807, 2.05) is 0 Å². The zero-order valence-corrected chi connectivity index (χ0v) is 11.4. The molecule has 0 spiro atoms. The van der Waals surface area contributed by atoms with Crippen molar-refractivity contribution in [2.45, 2.75) is 18.9 Å². The Balaban J connectivity index is 2.27. The average Bonchev–Trinajstić information content (AvgIpc) is 2.40. The summed E-state index contributed by atoms with van der Waals surface area (Å²) in [7, 11) is 1.45. The molecule has 1 unspecified atom stereocenters. The second-order valence-electron chi connectivity index (χ2n) is 4.92. The maximum Gasteiger partial charge on any atom is 0.132 e. The third-order valence-corrected chi connectivity index (χ3v) is 3.22. The van der Waals surface area contributed by atoms with Crippen LogP contribution in [0.3, 0.4) is 0 Å². The zero-order valence-electron chi connectivity index (χ0n) is 11.4. The summed E-state index contributed by atoms with van der Waals surface area (Å²) in [5, 5.41) is 10.5. The summed E-state index contributed by atoms with van der Waals surface area (Å²) in [6, 6.07) is 10.1. The molecule has 2 rings (SSSR count). The fraction of sp³-hybridized carbons (Fsp3) is 0.250. The normalized spacial score (nSPS) is 13.8. The van der Waals surface area contributed by atoms with E-state index in [2.05, 4.69) is 0 Å². The molecule has 20 heavy (non-hydrogen) atoms. The van der Waals surface area contributed by atoms with Crippen LogP contribution < -0.4 is 4.74 Å². The molecule has 2 nitrogen and oxygen atoms in total. The highest BCUT2D eigenvalue weighted by molar-refractivity contribution is 5.33. The Morgan fingerprint density at radius 1 is 1.10 bits per heavy atom. The second kappa shape index (κ2) is 5.59. The third-order valence-electron chi connectivity index (χ3n) is 3.22. The molecule has 0 bridgehead atoms. The van der Waals surface area contributed by atoms with Gasteiger partial charge in [-0.3, -0.25) is 0 Å². The Morgan fingerprint density at radius 2 is 1.75 bits per heavy atom. The minimum Gasteiger partial charge on any atom is -0.497 e. The quantitative estimate of drug-likeness (QED) is 0.928. The number of methoxy groups -OCH3 is 1. The van der Waals surface area contributed by atoms with Crippen LogP contribution >= 0.6 is 0 Å². The van der Waals surface area contributed by atoms with Crippen molar-refractivity contribution in [1.82, 2.24) is 0 Å². The van der Waals surface area contributed by atoms with Crippen LogP contribution in [0.1, 0.15) is 18.1 Å². The summed E-state index contributed by atoms with van der Waals surface area (Å²) in [5.74, 6) is -0.482. The topological polar surface area (TPSA) is 29.5 Å². The highest BCUT2D eigenvalue weighted by Gasteiger charge is 2.27. The number of hydrogen-bond donors (Lipinski definition) is 1. The van der Waals surface area contributed by atoms with E-state index in [0.717, 1.165) is 5.56 Å². The molecule has 0 aliphatic rings. The largest absolute Gasteiger partial charge is 0.497 e. The maximum atomic E-state index is 14.0. The highest BCUT2D eigenvalue weighted by Crippen LogP contribution is 2.29. The van der Waals surface area contributed by atoms with Crippen molar-refractivity contribution in [3.05, 3.63) is 65.2 Å². The van der Waals surface area contributed by atoms with E-state index in [-0.39, 0.29) is 17.8 Å². The van der Waals surface area contributed by atoms with Crippen LogP contribution in [0.5, 0.6) is 5.75 Å². The van der Waals surface area contributed by atoms with Crippen molar-refractivity contribution in [3.8, 4) is 5.75 Å². The Morgan fingerprint density at radius 3 is 2.30 bits per heavy atom. The predicted molar refractivity (Wildman–Crippen MR) is 72.6 cm³/mol. The molecule has 0 amide bonds. The van der Waals surface area contributed by atoms with Gasteiger partial charge in [0.05, 0.1) is 12.7 Å². The number of aliphatic hydroxyl groups is 1. The van der Waals surface area contributed by atoms with Crippen LogP contribution in [0.25, 0.3) is 0 Å². The Hall–Kier alpha value is -1.94. The molecule has 1 atom stereocenters. The number of ether oxygens (including phenoxy) is 1. The Kier molecular flexibility index (Phi) is 4.04. The van der Waals surface area contributed by atoms with Crippen molar-refractivity contribution < 1.29 is 18.6 Å². The standard InChI is InChI=1S/C16H16F2O2/c1-16(19,10-11-3-5-12(17)6-4-11)14-8-7-13(20-2)9-15(14)18/h3-9,19H,10H2,1-2H3. The number of hydrogen-bond acceptors (Lipinski definition) is 2. The number of rotatable bonds is 4. The maximum absolute atomic E-state index is 14.0. The molecule has 0 heterocycles. The van der Waals surface area contributed by atoms with Gasteiger partial charge in [-0.25, -0.2) is 8.78 Å². The first-order valence-corrected chi connectivity index (χ1v) is 6.23. The molecule has 0 fully saturated rings. The second-order valence-corrected chi connectivity index (χ2v) is 4.92. The van der Waals surface area contributed by atoms with Crippen LogP contribution in [-0.4, -0.2) is 12.2 Å². The SMILES string of the molecule is COc1ccc(C(C)(O)Cc2ccc(F)cc2)c(F)c1. The van der Waals surface area contributed by atoms with Gasteiger partial charge in [0.25, 0.3) is 0 Å². The van der Waals surface area contributed by atoms with E-state index in [1.54, 1.807) is 18.2 Å². The first kappa shape index (κ1) is 14.5. The Labute approximate surface area is 116 Å². The summed E-state index contributed by atoms with van der Waals surface area (Å²) in [4.78, 5) is 0. The van der Waals surface area contributed by atoms with Gasteiger partial charge < -0.3 is 9.84 Å². The fourth-order valence-electron chi connectivity index (χ4n) is 2.15. The van der Waals surface area contributed by atoms with Gasteiger partial charge in [-0.2, -0.15) is 0 Å². The molecule has 106 valence electrons. The van der Waals surface area contributed by atoms with Crippen molar-refractivity contribution in [2.75, 3.05) is 7.11 Å². The van der Waals surface area contributed by atoms with Gasteiger partial charge in [0.2, 0.25) is 0 Å². The molecular formula is C16H16F2O2. The van der Waals surface area contributed by atoms with Gasteiger partial charge in [-0.05, 0) is 36.8 Å². The molecule has 0 saturated heterocycles. The van der Waals surface area contributed by atoms with E-state index in [9.17, 15) is 13.9 Å². The molecule has 1 N–H and O–H groups in total. The smallest absolute Gasteiger partial charge is 0.132 e. The van der Waals surface area contributed by atoms with Crippen LogP contribution in [0.4, 0.5) is 8.78 Å². The van der Waals surface area contributed by atoms with Crippen LogP contribution in [0.15, 0.2) is 42.5 Å². The van der Waals surface area contributed by atoms with Crippen molar-refractivity contribution in [3.63, 3.8) is 0 Å². The predicted octanol–water partition coefficient (Wildman–Crippen LogP) is 3.42. The lowest BCUT2D eigenvalue weighted by Crippen LogP contribution is -2.25. The minimum absolute atomic E-state index is 0.183. The van der Waals surface area contributed by atoms with Gasteiger partial charge in [0.15, 0.2) is 0 Å². The van der Waals surface area contributed by atoms with E-state index in [1.165, 1.54) is 38.3 Å². The summed E-state index contributed by atoms with van der Waals surface area (Å²) < 4.78 is 31.8. The molecule has 4 heteroatoms. The summed E-state index contributed by atoms with van der Waals surface area (Å²) in [5.41, 5.74) is -0.469. The van der Waals surface area contributed by atoms with Gasteiger partial charge in [0, 0.05) is 18.1 Å². The van der Waals surface area contributed by atoms with Crippen LogP contribution in [0.2, 0.25) is 0 Å². The van der Waals surface area contributed by atoms with E-state index >= 15 is 0 Å². The zero-order chi connectivity index (χ0) is 14.8. The monoisotopic (exact) mass is 278 g/mol. The molecule has 2 aromatic carbocycles. The highest BCUT2D eigenvalue weighted by atomic mass is 19.1. The first-order valence-electron chi connectivity index (χ1n) is 6.23. The molecule has 0 aromatic heterocycles. The number of halogens is 2. The first-order chi connectivity index (χ1) is 9.42. The summed E-state index contributed by atoms with van der Waals surface area (Å²) in [6.07, 6.45) is 0.191. The molecule has 2 aromatic rings. The number of benzene rings is 2. The molecule has 0 saturated carbocycles. The van der Waals surface area contributed by atoms with E-state index in [0.29, 0.717) is 5.75 Å². The van der Waals surface area contributed by atoms with E-state index in [4.69, 9.17) is 4.74 Å². The fourth-order valence-corrected chi connectivity index (χ4v) is 2.15. The van der Waals surface area contributed by atoms with Crippen molar-refractivity contribution in [2.24, 2.45) is 0 Å². The van der Waals surface area contributed by atoms with Gasteiger partial charge >= 0.3 is 0 Å². The molecular weight excluding hydrogens is 262 g/mol. The van der Waals surface area contributed by atoms with Gasteiger partial charge in [-0.1, -0.05) is 12.1 Å². The third kappa shape index (κ3) is 3.14. The van der Waals surface area contributed by atoms with E-state index < -0.39 is 11.4 Å². The minimum atomic E-state index is -1.38. The molecule has 0 aliphatic carbocycles. The van der Waals surface area contributed by atoms with Crippen LogP contribution in [0, 0.1) is 11.6 Å². The van der Waals surface area contributed by atoms with Gasteiger partial charge in [-0.15, -0.1) is 0 Å². The molecule has 0 radical (unpaired) electrons. The lowest BCUT2D eigenvalue weighted by molar-refractivity contribution is 0.0537. The Bertz CT molecular complexity index is 592. The summed E-state index contributed by atoms with van der Waals surface area (Å²) >= 11 is 0. The summed E-state index contributed by atoms with van der Waals surface area (Å²) in [6.45, 7) is 1.53. The van der Waals surface area contributed by atoms with Gasteiger partial charge in [0.1, 0.15) is 17.4 Å². The lowest BCUT2D eigenvalue weighted by Gasteiger charge is -2.24. The van der Waals surface area contributed by atoms with Crippen molar-refractivity contribution >= 4 is 0 Å².